The van der Waals surface area contributed by atoms with Gasteiger partial charge in [-0.3, -0.25) is 0 Å². The highest BCUT2D eigenvalue weighted by molar-refractivity contribution is 7.88. The van der Waals surface area contributed by atoms with E-state index in [0.29, 0.717) is 29.6 Å². The largest absolute Gasteiger partial charge is 0.312 e. The second kappa shape index (κ2) is 6.94. The van der Waals surface area contributed by atoms with E-state index in [1.54, 1.807) is 28.6 Å². The van der Waals surface area contributed by atoms with E-state index >= 15 is 0 Å². The second-order valence-electron chi connectivity index (χ2n) is 7.22. The van der Waals surface area contributed by atoms with Gasteiger partial charge in [-0.15, -0.1) is 10.2 Å². The lowest BCUT2D eigenvalue weighted by Crippen LogP contribution is -2.42. The molecule has 1 aliphatic heterocycles. The van der Waals surface area contributed by atoms with E-state index in [9.17, 15) is 8.42 Å². The van der Waals surface area contributed by atoms with E-state index in [1.807, 2.05) is 6.92 Å². The van der Waals surface area contributed by atoms with Crippen molar-refractivity contribution in [3.05, 3.63) is 46.5 Å². The molecular formula is C18H23ClN4O2S. The van der Waals surface area contributed by atoms with Crippen molar-refractivity contribution in [3.63, 3.8) is 0 Å². The molecule has 1 fully saturated rings. The Hall–Kier alpha value is -1.44. The molecule has 0 N–H and O–H groups in total. The highest BCUT2D eigenvalue weighted by atomic mass is 35.5. The van der Waals surface area contributed by atoms with Gasteiger partial charge in [0.15, 0.2) is 5.82 Å². The van der Waals surface area contributed by atoms with Gasteiger partial charge in [0.2, 0.25) is 10.0 Å². The normalized spacial score (nSPS) is 21.8. The van der Waals surface area contributed by atoms with Crippen molar-refractivity contribution in [2.75, 3.05) is 6.54 Å². The van der Waals surface area contributed by atoms with Gasteiger partial charge in [0.25, 0.3) is 0 Å². The summed E-state index contributed by atoms with van der Waals surface area (Å²) in [4.78, 5) is 0. The van der Waals surface area contributed by atoms with E-state index in [2.05, 4.69) is 14.8 Å². The summed E-state index contributed by atoms with van der Waals surface area (Å²) in [5.74, 6) is 2.21. The van der Waals surface area contributed by atoms with Gasteiger partial charge in [0.1, 0.15) is 5.82 Å². The number of hydrogen-bond acceptors (Lipinski definition) is 4. The van der Waals surface area contributed by atoms with Gasteiger partial charge >= 0.3 is 0 Å². The van der Waals surface area contributed by atoms with Crippen LogP contribution in [0.1, 0.15) is 61.8 Å². The summed E-state index contributed by atoms with van der Waals surface area (Å²) in [6, 6.07) is 6.70. The zero-order chi connectivity index (χ0) is 18.3. The number of benzene rings is 1. The van der Waals surface area contributed by atoms with Crippen LogP contribution in [0, 0.1) is 0 Å². The molecule has 6 nitrogen and oxygen atoms in total. The van der Waals surface area contributed by atoms with Gasteiger partial charge in [-0.05, 0) is 37.5 Å². The van der Waals surface area contributed by atoms with Gasteiger partial charge in [-0.1, -0.05) is 36.6 Å². The summed E-state index contributed by atoms with van der Waals surface area (Å²) in [7, 11) is -3.46. The van der Waals surface area contributed by atoms with Crippen LogP contribution in [0.5, 0.6) is 0 Å². The number of sulfonamides is 1. The molecule has 1 unspecified atom stereocenters. The number of halogens is 1. The third kappa shape index (κ3) is 3.28. The summed E-state index contributed by atoms with van der Waals surface area (Å²) in [5.41, 5.74) is 0.698. The molecule has 1 atom stereocenters. The molecule has 1 aromatic carbocycles. The second-order valence-corrected chi connectivity index (χ2v) is 9.58. The smallest absolute Gasteiger partial charge is 0.219 e. The van der Waals surface area contributed by atoms with Crippen LogP contribution in [0.25, 0.3) is 0 Å². The number of aromatic nitrogens is 3. The van der Waals surface area contributed by atoms with E-state index in [0.717, 1.165) is 24.5 Å². The predicted molar refractivity (Wildman–Crippen MR) is 100 cm³/mol. The molecule has 0 bridgehead atoms. The standard InChI is InChI=1S/C18H23ClN4O2S/c1-13-17-20-21-18(15-6-2-3-7-15)22(17)9-10-23(13)26(24,25)12-14-5-4-8-16(19)11-14/h4-5,8,11,13,15H,2-3,6-7,9-10,12H2,1H3. The third-order valence-corrected chi connectivity index (χ3v) is 7.62. The fraction of sp³-hybridized carbons (Fsp3) is 0.556. The Kier molecular flexibility index (Phi) is 4.79. The quantitative estimate of drug-likeness (QED) is 0.795. The Balaban J connectivity index is 1.57. The van der Waals surface area contributed by atoms with Crippen molar-refractivity contribution in [1.82, 2.24) is 19.1 Å². The minimum absolute atomic E-state index is 0.0540. The van der Waals surface area contributed by atoms with Crippen LogP contribution >= 0.6 is 11.6 Å². The lowest BCUT2D eigenvalue weighted by atomic mass is 10.1. The molecule has 1 aliphatic carbocycles. The lowest BCUT2D eigenvalue weighted by molar-refractivity contribution is 0.271. The van der Waals surface area contributed by atoms with E-state index < -0.39 is 10.0 Å². The SMILES string of the molecule is CC1c2nnc(C3CCCC3)n2CCN1S(=O)(=O)Cc1cccc(Cl)c1. The first-order valence-corrected chi connectivity index (χ1v) is 11.1. The Labute approximate surface area is 159 Å². The maximum absolute atomic E-state index is 13.0. The molecule has 0 saturated heterocycles. The fourth-order valence-electron chi connectivity index (χ4n) is 4.17. The molecule has 2 aromatic rings. The number of rotatable bonds is 4. The molecule has 2 aliphatic rings. The first-order chi connectivity index (χ1) is 12.5. The van der Waals surface area contributed by atoms with Crippen molar-refractivity contribution in [2.45, 2.75) is 56.9 Å². The number of hydrogen-bond donors (Lipinski definition) is 0. The molecule has 1 aromatic heterocycles. The lowest BCUT2D eigenvalue weighted by Gasteiger charge is -2.33. The van der Waals surface area contributed by atoms with Crippen molar-refractivity contribution >= 4 is 21.6 Å². The Morgan fingerprint density at radius 3 is 2.62 bits per heavy atom. The zero-order valence-corrected chi connectivity index (χ0v) is 16.4. The summed E-state index contributed by atoms with van der Waals surface area (Å²) in [6.45, 7) is 2.97. The summed E-state index contributed by atoms with van der Waals surface area (Å²) < 4.78 is 29.6. The maximum atomic E-state index is 13.0. The Morgan fingerprint density at radius 2 is 1.88 bits per heavy atom. The first-order valence-electron chi connectivity index (χ1n) is 9.12. The van der Waals surface area contributed by atoms with Crippen LogP contribution in [0.3, 0.4) is 0 Å². The minimum atomic E-state index is -3.46. The highest BCUT2D eigenvalue weighted by Gasteiger charge is 2.37. The average Bonchev–Trinajstić information content (AvgIpc) is 3.23. The zero-order valence-electron chi connectivity index (χ0n) is 14.8. The third-order valence-electron chi connectivity index (χ3n) is 5.47. The predicted octanol–water partition coefficient (Wildman–Crippen LogP) is 3.50. The molecular weight excluding hydrogens is 372 g/mol. The van der Waals surface area contributed by atoms with Crippen LogP contribution in [0.4, 0.5) is 0 Å². The molecule has 4 rings (SSSR count). The van der Waals surface area contributed by atoms with Gasteiger partial charge in [0, 0.05) is 24.0 Å². The topological polar surface area (TPSA) is 68.1 Å². The van der Waals surface area contributed by atoms with Crippen LogP contribution < -0.4 is 0 Å². The molecule has 0 spiro atoms. The molecule has 1 saturated carbocycles. The molecule has 0 radical (unpaired) electrons. The van der Waals surface area contributed by atoms with Crippen LogP contribution in [0.15, 0.2) is 24.3 Å². The molecule has 26 heavy (non-hydrogen) atoms. The highest BCUT2D eigenvalue weighted by Crippen LogP contribution is 2.36. The maximum Gasteiger partial charge on any atom is 0.219 e. The van der Waals surface area contributed by atoms with Crippen molar-refractivity contribution < 1.29 is 8.42 Å². The van der Waals surface area contributed by atoms with Crippen molar-refractivity contribution in [2.24, 2.45) is 0 Å². The first kappa shape index (κ1) is 17.9. The van der Waals surface area contributed by atoms with Crippen molar-refractivity contribution in [1.29, 1.82) is 0 Å². The molecule has 140 valence electrons. The Bertz CT molecular complexity index is 906. The van der Waals surface area contributed by atoms with E-state index in [4.69, 9.17) is 11.6 Å². The van der Waals surface area contributed by atoms with Gasteiger partial charge < -0.3 is 4.57 Å². The Morgan fingerprint density at radius 1 is 1.15 bits per heavy atom. The summed E-state index contributed by atoms with van der Waals surface area (Å²) in [6.07, 6.45) is 4.79. The summed E-state index contributed by atoms with van der Waals surface area (Å²) in [5, 5.41) is 9.32. The fourth-order valence-corrected chi connectivity index (χ4v) is 6.09. The van der Waals surface area contributed by atoms with Crippen molar-refractivity contribution in [3.8, 4) is 0 Å². The molecule has 8 heteroatoms. The van der Waals surface area contributed by atoms with E-state index in [1.165, 1.54) is 12.8 Å². The molecule has 0 amide bonds. The number of fused-ring (bicyclic) bond motifs is 1. The van der Waals surface area contributed by atoms with Gasteiger partial charge in [-0.25, -0.2) is 8.42 Å². The minimum Gasteiger partial charge on any atom is -0.312 e. The van der Waals surface area contributed by atoms with Crippen LogP contribution in [0.2, 0.25) is 5.02 Å². The summed E-state index contributed by atoms with van der Waals surface area (Å²) >= 11 is 5.99. The van der Waals surface area contributed by atoms with E-state index in [-0.39, 0.29) is 11.8 Å². The van der Waals surface area contributed by atoms with Gasteiger partial charge in [-0.2, -0.15) is 4.31 Å². The number of nitrogens with zero attached hydrogens (tertiary/aromatic N) is 4. The van der Waals surface area contributed by atoms with Crippen LogP contribution in [-0.4, -0.2) is 34.0 Å². The van der Waals surface area contributed by atoms with Crippen LogP contribution in [-0.2, 0) is 22.3 Å². The van der Waals surface area contributed by atoms with Gasteiger partial charge in [0.05, 0.1) is 11.8 Å². The monoisotopic (exact) mass is 394 g/mol. The average molecular weight is 395 g/mol. The molecule has 2 heterocycles.